The van der Waals surface area contributed by atoms with Crippen LogP contribution in [-0.4, -0.2) is 31.3 Å². The minimum Gasteiger partial charge on any atom is -0.543 e. The molecule has 2 aromatic heterocycles. The molecule has 4 nitrogen and oxygen atoms in total. The zero-order valence-corrected chi connectivity index (χ0v) is 33.1. The fourth-order valence-corrected chi connectivity index (χ4v) is 19.0. The molecule has 0 spiro atoms. The van der Waals surface area contributed by atoms with Gasteiger partial charge in [0, 0.05) is 17.1 Å². The van der Waals surface area contributed by atoms with E-state index in [1.807, 2.05) is 6.07 Å². The molecule has 0 bridgehead atoms. The van der Waals surface area contributed by atoms with E-state index in [2.05, 4.69) is 110 Å². The maximum Gasteiger partial charge on any atom is 0.258 e. The molecule has 2 aromatic carbocycles. The molecule has 0 amide bonds. The molecule has 10 heteroatoms. The molecule has 0 aliphatic rings. The van der Waals surface area contributed by atoms with Crippen LogP contribution >= 0.6 is 23.2 Å². The van der Waals surface area contributed by atoms with Crippen molar-refractivity contribution in [3.63, 3.8) is 0 Å². The molecule has 0 N–H and O–H groups in total. The van der Waals surface area contributed by atoms with Gasteiger partial charge < -0.3 is 4.43 Å². The first-order valence-electron chi connectivity index (χ1n) is 16.6. The highest BCUT2D eigenvalue weighted by Gasteiger charge is 2.47. The second-order valence-corrected chi connectivity index (χ2v) is 26.2. The van der Waals surface area contributed by atoms with Crippen LogP contribution in [0.15, 0.2) is 30.5 Å². The molecular weight excluding hydrogens is 668 g/mol. The summed E-state index contributed by atoms with van der Waals surface area (Å²) in [7, 11) is -4.66. The van der Waals surface area contributed by atoms with Crippen molar-refractivity contribution in [3.8, 4) is 28.5 Å². The van der Waals surface area contributed by atoms with Gasteiger partial charge in [-0.1, -0.05) is 107 Å². The molecule has 4 rings (SSSR count). The summed E-state index contributed by atoms with van der Waals surface area (Å²) in [5.74, 6) is 2.73. The maximum absolute atomic E-state index is 16.6. The van der Waals surface area contributed by atoms with Crippen molar-refractivity contribution in [3.05, 3.63) is 58.1 Å². The van der Waals surface area contributed by atoms with E-state index in [0.717, 1.165) is 0 Å². The van der Waals surface area contributed by atoms with Crippen LogP contribution in [0.1, 0.15) is 88.6 Å². The Balaban J connectivity index is 2.16. The van der Waals surface area contributed by atoms with Crippen LogP contribution in [0.2, 0.25) is 43.7 Å². The molecule has 47 heavy (non-hydrogen) atoms. The van der Waals surface area contributed by atoms with Gasteiger partial charge in [-0.3, -0.25) is 4.98 Å². The lowest BCUT2D eigenvalue weighted by Gasteiger charge is -2.42. The van der Waals surface area contributed by atoms with E-state index in [-0.39, 0.29) is 32.6 Å². The average Bonchev–Trinajstić information content (AvgIpc) is 2.96. The van der Waals surface area contributed by atoms with Crippen LogP contribution in [0.25, 0.3) is 32.9 Å². The molecule has 0 aliphatic heterocycles. The van der Waals surface area contributed by atoms with E-state index < -0.39 is 28.0 Å². The van der Waals surface area contributed by atoms with Gasteiger partial charge in [-0.25, -0.2) is 18.7 Å². The Morgan fingerprint density at radius 1 is 0.766 bits per heavy atom. The average molecular weight is 715 g/mol. The van der Waals surface area contributed by atoms with Crippen molar-refractivity contribution in [1.29, 1.82) is 0 Å². The van der Waals surface area contributed by atoms with Crippen molar-refractivity contribution in [2.24, 2.45) is 0 Å². The van der Waals surface area contributed by atoms with Gasteiger partial charge in [0.2, 0.25) is 5.28 Å². The molecule has 0 aliphatic carbocycles. The first kappa shape index (κ1) is 37.2. The Hall–Kier alpha value is -2.58. The third-order valence-electron chi connectivity index (χ3n) is 10.2. The van der Waals surface area contributed by atoms with E-state index in [0.29, 0.717) is 55.3 Å². The molecular formula is C37H47Cl2F2N3OSi2. The number of halogens is 4. The van der Waals surface area contributed by atoms with Gasteiger partial charge in [0.1, 0.15) is 36.0 Å². The number of hydrogen-bond acceptors (Lipinski definition) is 4. The van der Waals surface area contributed by atoms with Crippen LogP contribution in [0, 0.1) is 23.1 Å². The molecule has 0 fully saturated rings. The number of benzene rings is 2. The second-order valence-electron chi connectivity index (χ2n) is 14.5. The molecule has 0 atom stereocenters. The molecule has 0 radical (unpaired) electrons. The molecule has 2 heterocycles. The van der Waals surface area contributed by atoms with Gasteiger partial charge >= 0.3 is 0 Å². The number of pyridine rings is 1. The lowest BCUT2D eigenvalue weighted by atomic mass is 9.96. The lowest BCUT2D eigenvalue weighted by molar-refractivity contribution is 0.480. The van der Waals surface area contributed by atoms with Crippen molar-refractivity contribution in [2.75, 3.05) is 0 Å². The van der Waals surface area contributed by atoms with Crippen molar-refractivity contribution >= 4 is 61.3 Å². The van der Waals surface area contributed by atoms with Gasteiger partial charge in [0.25, 0.3) is 8.32 Å². The van der Waals surface area contributed by atoms with Gasteiger partial charge in [-0.2, -0.15) is 0 Å². The fraction of sp³-hybridized carbons (Fsp3) is 0.486. The number of aromatic nitrogens is 3. The van der Waals surface area contributed by atoms with Crippen LogP contribution in [-0.2, 0) is 0 Å². The van der Waals surface area contributed by atoms with Gasteiger partial charge in [0.05, 0.1) is 10.9 Å². The van der Waals surface area contributed by atoms with Crippen LogP contribution in [0.3, 0.4) is 0 Å². The normalized spacial score (nSPS) is 12.8. The topological polar surface area (TPSA) is 47.9 Å². The number of fused-ring (bicyclic) bond motifs is 2. The summed E-state index contributed by atoms with van der Waals surface area (Å²) < 4.78 is 39.8. The SMILES string of the molecule is CC(C)[Si](C#Cc1c(F)ccc2cc(O[Si](C(C)C)(C(C)C)C(C)C)cc(-c3ncc4c(Cl)nc(Cl)nc4c3F)c12)(C(C)C)C(C)C. The summed E-state index contributed by atoms with van der Waals surface area (Å²) in [5.41, 5.74) is 6.14. The summed E-state index contributed by atoms with van der Waals surface area (Å²) >= 11 is 12.4. The summed E-state index contributed by atoms with van der Waals surface area (Å²) in [4.78, 5) is 12.6. The third kappa shape index (κ3) is 6.58. The zero-order valence-electron chi connectivity index (χ0n) is 29.6. The first-order chi connectivity index (χ1) is 21.9. The van der Waals surface area contributed by atoms with E-state index in [1.165, 1.54) is 12.3 Å². The molecule has 252 valence electrons. The highest BCUT2D eigenvalue weighted by molar-refractivity contribution is 6.90. The van der Waals surface area contributed by atoms with E-state index in [9.17, 15) is 0 Å². The van der Waals surface area contributed by atoms with Crippen LogP contribution in [0.4, 0.5) is 8.78 Å². The number of rotatable bonds is 9. The number of nitrogens with zero attached hydrogens (tertiary/aromatic N) is 3. The highest BCUT2D eigenvalue weighted by Crippen LogP contribution is 2.46. The minimum atomic E-state index is -2.42. The minimum absolute atomic E-state index is 0.00330. The summed E-state index contributed by atoms with van der Waals surface area (Å²) in [6.07, 6.45) is 1.43. The lowest BCUT2D eigenvalue weighted by Crippen LogP contribution is -2.50. The van der Waals surface area contributed by atoms with Gasteiger partial charge in [0.15, 0.2) is 5.82 Å². The fourth-order valence-electron chi connectivity index (χ4n) is 8.13. The van der Waals surface area contributed by atoms with Gasteiger partial charge in [-0.15, -0.1) is 5.54 Å². The van der Waals surface area contributed by atoms with Crippen molar-refractivity contribution in [2.45, 2.75) is 116 Å². The Bertz CT molecular complexity index is 1820. The quantitative estimate of drug-likeness (QED) is 0.0749. The summed E-state index contributed by atoms with van der Waals surface area (Å²) in [6.45, 7) is 26.6. The summed E-state index contributed by atoms with van der Waals surface area (Å²) in [6, 6.07) is 6.88. The Labute approximate surface area is 291 Å². The van der Waals surface area contributed by atoms with Crippen molar-refractivity contribution < 1.29 is 13.2 Å². The highest BCUT2D eigenvalue weighted by atomic mass is 35.5. The first-order valence-corrected chi connectivity index (χ1v) is 21.7. The van der Waals surface area contributed by atoms with Gasteiger partial charge in [-0.05, 0) is 68.4 Å². The largest absolute Gasteiger partial charge is 0.543 e. The predicted octanol–water partition coefficient (Wildman–Crippen LogP) is 12.6. The monoisotopic (exact) mass is 713 g/mol. The van der Waals surface area contributed by atoms with Crippen LogP contribution < -0.4 is 4.43 Å². The molecule has 0 saturated heterocycles. The maximum atomic E-state index is 16.6. The summed E-state index contributed by atoms with van der Waals surface area (Å²) in [5, 5.41) is 1.21. The number of hydrogen-bond donors (Lipinski definition) is 0. The standard InChI is InChI=1S/C37H47Cl2F2N3OSi2/c1-20(2)46(21(3)4,22(5)6)16-15-28-31(40)14-13-26-17-27(45-47(23(7)8,24(9)10)25(11)12)18-29(32(26)28)34-33(41)35-30(19-42-34)36(38)44-37(39)43-35/h13-14,17-25H,1-12H3. The molecule has 0 unspecified atom stereocenters. The second kappa shape index (κ2) is 14.1. The Morgan fingerprint density at radius 2 is 1.34 bits per heavy atom. The smallest absolute Gasteiger partial charge is 0.258 e. The molecule has 0 saturated carbocycles. The molecule has 4 aromatic rings. The van der Waals surface area contributed by atoms with E-state index in [1.54, 1.807) is 12.1 Å². The van der Waals surface area contributed by atoms with Crippen molar-refractivity contribution in [1.82, 2.24) is 15.0 Å². The predicted molar refractivity (Wildman–Crippen MR) is 200 cm³/mol. The Kier molecular flexibility index (Phi) is 11.2. The Morgan fingerprint density at radius 3 is 1.87 bits per heavy atom. The van der Waals surface area contributed by atoms with E-state index in [4.69, 9.17) is 27.6 Å². The third-order valence-corrected chi connectivity index (χ3v) is 22.9. The van der Waals surface area contributed by atoms with E-state index >= 15 is 8.78 Å². The van der Waals surface area contributed by atoms with Crippen LogP contribution in [0.5, 0.6) is 5.75 Å². The zero-order chi connectivity index (χ0) is 35.2.